The molecule has 0 radical (unpaired) electrons. The van der Waals surface area contributed by atoms with Gasteiger partial charge in [-0.3, -0.25) is 9.36 Å². The number of aliphatic hydroxyl groups is 1. The van der Waals surface area contributed by atoms with Crippen molar-refractivity contribution in [3.05, 3.63) is 58.1 Å². The number of ether oxygens (including phenoxy) is 1. The molecule has 0 bridgehead atoms. The number of amides is 1. The lowest BCUT2D eigenvalue weighted by molar-refractivity contribution is -0.0269. The molecule has 1 fully saturated rings. The third-order valence-electron chi connectivity index (χ3n) is 4.60. The molecule has 1 amide bonds. The van der Waals surface area contributed by atoms with E-state index in [1.54, 1.807) is 36.5 Å². The Bertz CT molecular complexity index is 947. The third-order valence-corrected chi connectivity index (χ3v) is 5.04. The van der Waals surface area contributed by atoms with E-state index >= 15 is 0 Å². The van der Waals surface area contributed by atoms with Crippen LogP contribution in [0.2, 0.25) is 0 Å². The SMILES string of the molecule is [2H]B([3H])CSOC[C@@H]1C[C@@H](C)[C@H](n2ccc(NC(=O)c3ccc(CO)cc3)nc2=O)O1. The van der Waals surface area contributed by atoms with Crippen LogP contribution in [-0.4, -0.2) is 49.4 Å². The molecular formula is C19H24BN3O5S. The monoisotopic (exact) mass is 420 g/mol. The molecule has 1 aromatic carbocycles. The van der Waals surface area contributed by atoms with E-state index in [1.807, 2.05) is 6.92 Å². The second-order valence-corrected chi connectivity index (χ2v) is 7.55. The largest absolute Gasteiger partial charge is 0.392 e. The first-order valence-electron chi connectivity index (χ1n) is 10.4. The summed E-state index contributed by atoms with van der Waals surface area (Å²) < 4.78 is 27.0. The molecule has 2 heterocycles. The number of aliphatic hydroxyl groups excluding tert-OH is 1. The lowest BCUT2D eigenvalue weighted by Gasteiger charge is -2.18. The van der Waals surface area contributed by atoms with Gasteiger partial charge in [-0.2, -0.15) is 4.98 Å². The van der Waals surface area contributed by atoms with Crippen LogP contribution in [0.1, 0.15) is 35.5 Å². The average molecular weight is 420 g/mol. The van der Waals surface area contributed by atoms with Crippen molar-refractivity contribution in [1.29, 1.82) is 2.67 Å². The van der Waals surface area contributed by atoms with E-state index in [9.17, 15) is 9.59 Å². The number of aromatic nitrogens is 2. The zero-order valence-electron chi connectivity index (χ0n) is 18.0. The summed E-state index contributed by atoms with van der Waals surface area (Å²) in [6.07, 6.45) is 1.56. The van der Waals surface area contributed by atoms with Crippen molar-refractivity contribution in [2.24, 2.45) is 5.92 Å². The van der Waals surface area contributed by atoms with Gasteiger partial charge in [0.1, 0.15) is 19.8 Å². The van der Waals surface area contributed by atoms with Gasteiger partial charge >= 0.3 is 5.69 Å². The molecule has 154 valence electrons. The van der Waals surface area contributed by atoms with Gasteiger partial charge in [0.25, 0.3) is 5.91 Å². The minimum Gasteiger partial charge on any atom is -0.392 e. The predicted octanol–water partition coefficient (Wildman–Crippen LogP) is 1.17. The number of anilines is 1. The van der Waals surface area contributed by atoms with E-state index in [0.717, 1.165) is 12.0 Å². The summed E-state index contributed by atoms with van der Waals surface area (Å²) in [6, 6.07) is 8.02. The second-order valence-electron chi connectivity index (χ2n) is 6.74. The van der Waals surface area contributed by atoms with Crippen molar-refractivity contribution in [3.8, 4) is 0 Å². The quantitative estimate of drug-likeness (QED) is 0.357. The summed E-state index contributed by atoms with van der Waals surface area (Å²) in [5, 5.41) is 11.7. The van der Waals surface area contributed by atoms with Gasteiger partial charge in [0.05, 0.1) is 19.3 Å². The lowest BCUT2D eigenvalue weighted by Crippen LogP contribution is -2.30. The van der Waals surface area contributed by atoms with Crippen LogP contribution >= 0.6 is 12.0 Å². The van der Waals surface area contributed by atoms with E-state index in [4.69, 9.17) is 16.7 Å². The number of carbonyl (C=O) groups excluding carboxylic acids is 1. The van der Waals surface area contributed by atoms with Crippen LogP contribution < -0.4 is 11.0 Å². The number of rotatable bonds is 9. The van der Waals surface area contributed by atoms with Crippen molar-refractivity contribution in [2.45, 2.75) is 32.3 Å². The molecule has 1 aliphatic rings. The Kier molecular flexibility index (Phi) is 6.55. The van der Waals surface area contributed by atoms with Crippen LogP contribution in [0, 0.1) is 5.92 Å². The predicted molar refractivity (Wildman–Crippen MR) is 113 cm³/mol. The van der Waals surface area contributed by atoms with Crippen molar-refractivity contribution in [1.82, 2.24) is 9.55 Å². The van der Waals surface area contributed by atoms with E-state index in [0.29, 0.717) is 24.2 Å². The molecule has 29 heavy (non-hydrogen) atoms. The minimum atomic E-state index is -0.940. The van der Waals surface area contributed by atoms with Gasteiger partial charge in [-0.05, 0) is 50.5 Å². The average Bonchev–Trinajstić information content (AvgIpc) is 3.11. The first kappa shape index (κ1) is 18.9. The molecule has 1 aliphatic heterocycles. The van der Waals surface area contributed by atoms with Gasteiger partial charge < -0.3 is 19.3 Å². The van der Waals surface area contributed by atoms with E-state index in [2.05, 4.69) is 10.3 Å². The topological polar surface area (TPSA) is 103 Å². The maximum atomic E-state index is 12.5. The van der Waals surface area contributed by atoms with Crippen molar-refractivity contribution in [3.63, 3.8) is 0 Å². The van der Waals surface area contributed by atoms with Crippen molar-refractivity contribution < 1.29 is 18.8 Å². The number of benzene rings is 1. The van der Waals surface area contributed by atoms with Gasteiger partial charge in [0, 0.05) is 17.7 Å². The Morgan fingerprint density at radius 3 is 3.03 bits per heavy atom. The number of hydrogen-bond donors (Lipinski definition) is 2. The second kappa shape index (κ2) is 10.1. The number of nitrogens with zero attached hydrogens (tertiary/aromatic N) is 2. The summed E-state index contributed by atoms with van der Waals surface area (Å²) in [5.74, 6) is -0.208. The van der Waals surface area contributed by atoms with Gasteiger partial charge in [-0.1, -0.05) is 19.1 Å². The molecule has 3 atom stereocenters. The summed E-state index contributed by atoms with van der Waals surface area (Å²) >= 11 is 1.07. The highest BCUT2D eigenvalue weighted by molar-refractivity contribution is 7.95. The maximum Gasteiger partial charge on any atom is 0.351 e. The highest BCUT2D eigenvalue weighted by Crippen LogP contribution is 2.33. The number of nitrogens with one attached hydrogen (secondary N) is 1. The molecule has 0 aliphatic carbocycles. The molecule has 2 N–H and O–H groups in total. The zero-order valence-corrected chi connectivity index (χ0v) is 16.8. The molecule has 10 heteroatoms. The van der Waals surface area contributed by atoms with E-state index in [1.165, 1.54) is 4.57 Å². The standard InChI is InChI=1S/C19H24BN3O5S/c1-12-8-15(10-27-29-11-20)28-18(12)23-7-6-16(22-19(23)26)21-17(25)14-4-2-13(9-24)3-5-14/h2-7,12,15,18,24H,8-11,20H2,1H3,(H,21,22,25,26)/t12-,15+,18-/m1/s1/i20TD. The van der Waals surface area contributed by atoms with Crippen LogP contribution in [0.25, 0.3) is 0 Å². The van der Waals surface area contributed by atoms with Gasteiger partial charge in [-0.15, -0.1) is 0 Å². The van der Waals surface area contributed by atoms with Crippen LogP contribution in [0.3, 0.4) is 0 Å². The van der Waals surface area contributed by atoms with Crippen molar-refractivity contribution in [2.75, 3.05) is 17.6 Å². The fraction of sp³-hybridized carbons (Fsp3) is 0.421. The van der Waals surface area contributed by atoms with Gasteiger partial charge in [0.2, 0.25) is 0 Å². The molecule has 3 rings (SSSR count). The zero-order chi connectivity index (χ0) is 22.4. The Labute approximate surface area is 177 Å². The summed E-state index contributed by atoms with van der Waals surface area (Å²) in [6.45, 7) is 2.18. The molecule has 8 nitrogen and oxygen atoms in total. The first-order chi connectivity index (χ1) is 14.9. The van der Waals surface area contributed by atoms with Crippen molar-refractivity contribution >= 4 is 31.5 Å². The summed E-state index contributed by atoms with van der Waals surface area (Å²) in [5.41, 5.74) is 0.807. The normalized spacial score (nSPS) is 22.1. The maximum absolute atomic E-state index is 12.5. The third kappa shape index (κ3) is 5.48. The lowest BCUT2D eigenvalue weighted by atomic mass is 10.1. The van der Waals surface area contributed by atoms with Crippen LogP contribution in [0.15, 0.2) is 41.3 Å². The molecule has 0 saturated carbocycles. The Morgan fingerprint density at radius 2 is 2.34 bits per heavy atom. The number of carbonyl (C=O) groups is 1. The van der Waals surface area contributed by atoms with E-state index in [-0.39, 0.29) is 30.1 Å². The van der Waals surface area contributed by atoms with Gasteiger partial charge in [0.15, 0.2) is 0 Å². The molecule has 2 aromatic rings. The fourth-order valence-corrected chi connectivity index (χ4v) is 3.51. The molecule has 1 aromatic heterocycles. The van der Waals surface area contributed by atoms with Crippen LogP contribution in [0.4, 0.5) is 5.82 Å². The first-order valence-corrected chi connectivity index (χ1v) is 10.1. The highest BCUT2D eigenvalue weighted by Gasteiger charge is 2.34. The fourth-order valence-electron chi connectivity index (χ4n) is 3.16. The number of hydrogen-bond acceptors (Lipinski definition) is 7. The Hall–Kier alpha value is -2.14. The van der Waals surface area contributed by atoms with E-state index < -0.39 is 25.6 Å². The molecule has 1 saturated heterocycles. The summed E-state index contributed by atoms with van der Waals surface area (Å²) in [4.78, 5) is 28.8. The molecular weight excluding hydrogens is 393 g/mol. The molecule has 0 unspecified atom stereocenters. The minimum absolute atomic E-state index is 0.0590. The highest BCUT2D eigenvalue weighted by atomic mass is 32.2. The van der Waals surface area contributed by atoms with Crippen LogP contribution in [-0.2, 0) is 15.5 Å². The van der Waals surface area contributed by atoms with Gasteiger partial charge in [-0.25, -0.2) is 4.79 Å². The Balaban J connectivity index is 1.59. The van der Waals surface area contributed by atoms with Crippen LogP contribution in [0.5, 0.6) is 0 Å². The smallest absolute Gasteiger partial charge is 0.351 e. The molecule has 0 spiro atoms. The summed E-state index contributed by atoms with van der Waals surface area (Å²) in [7, 11) is -0.940. The Morgan fingerprint density at radius 1 is 1.55 bits per heavy atom.